The van der Waals surface area contributed by atoms with Crippen molar-refractivity contribution in [2.24, 2.45) is 5.41 Å². The molecule has 1 aliphatic rings. The van der Waals surface area contributed by atoms with Gasteiger partial charge in [-0.05, 0) is 35.4 Å². The highest BCUT2D eigenvalue weighted by atomic mass is 32.2. The molecular weight excluding hydrogens is 363 g/mol. The summed E-state index contributed by atoms with van der Waals surface area (Å²) in [6.45, 7) is -1.86. The number of hydrogen-bond donors (Lipinski definition) is 0. The standard InChI is InChI=1S/C19H16F3NO2S/c1-26(24,25)15-5-2-13(3-6-15)16-8-19(11-20,12-21)9-17(16)18-7-4-14(22)10-23-18/h2-10H,11-12H2,1H3. The summed E-state index contributed by atoms with van der Waals surface area (Å²) >= 11 is 0. The molecule has 0 unspecified atom stereocenters. The van der Waals surface area contributed by atoms with Crippen LogP contribution in [0.25, 0.3) is 11.1 Å². The van der Waals surface area contributed by atoms with Crippen LogP contribution in [0.4, 0.5) is 13.2 Å². The minimum absolute atomic E-state index is 0.146. The first kappa shape index (κ1) is 18.4. The van der Waals surface area contributed by atoms with Crippen LogP contribution in [-0.2, 0) is 9.84 Å². The van der Waals surface area contributed by atoms with Crippen molar-refractivity contribution in [3.63, 3.8) is 0 Å². The van der Waals surface area contributed by atoms with Crippen LogP contribution in [-0.4, -0.2) is 33.0 Å². The van der Waals surface area contributed by atoms with E-state index in [2.05, 4.69) is 4.98 Å². The topological polar surface area (TPSA) is 47.0 Å². The average Bonchev–Trinajstić information content (AvgIpc) is 3.02. The van der Waals surface area contributed by atoms with Crippen molar-refractivity contribution in [1.29, 1.82) is 0 Å². The maximum atomic E-state index is 13.5. The minimum atomic E-state index is -3.35. The third-order valence-corrected chi connectivity index (χ3v) is 5.38. The van der Waals surface area contributed by atoms with E-state index in [0.29, 0.717) is 22.4 Å². The van der Waals surface area contributed by atoms with Gasteiger partial charge in [-0.1, -0.05) is 24.3 Å². The number of pyridine rings is 1. The summed E-state index contributed by atoms with van der Waals surface area (Å²) in [6, 6.07) is 8.68. The normalized spacial score (nSPS) is 16.3. The van der Waals surface area contributed by atoms with Gasteiger partial charge in [0.25, 0.3) is 0 Å². The van der Waals surface area contributed by atoms with Gasteiger partial charge in [0, 0.05) is 11.8 Å². The Labute approximate surface area is 149 Å². The first-order valence-electron chi connectivity index (χ1n) is 7.78. The molecule has 0 saturated heterocycles. The third kappa shape index (κ3) is 3.44. The fourth-order valence-corrected chi connectivity index (χ4v) is 3.46. The molecule has 26 heavy (non-hydrogen) atoms. The van der Waals surface area contributed by atoms with E-state index in [4.69, 9.17) is 0 Å². The van der Waals surface area contributed by atoms with Crippen LogP contribution in [0.5, 0.6) is 0 Å². The van der Waals surface area contributed by atoms with E-state index in [9.17, 15) is 21.6 Å². The molecule has 7 heteroatoms. The second-order valence-corrected chi connectivity index (χ2v) is 8.29. The molecule has 136 valence electrons. The minimum Gasteiger partial charge on any atom is -0.253 e. The van der Waals surface area contributed by atoms with E-state index in [0.717, 1.165) is 12.5 Å². The van der Waals surface area contributed by atoms with Gasteiger partial charge in [-0.15, -0.1) is 0 Å². The number of aromatic nitrogens is 1. The van der Waals surface area contributed by atoms with E-state index in [1.54, 1.807) is 12.1 Å². The zero-order valence-corrected chi connectivity index (χ0v) is 14.7. The number of halogens is 3. The number of sulfone groups is 1. The molecule has 0 radical (unpaired) electrons. The smallest absolute Gasteiger partial charge is 0.175 e. The summed E-state index contributed by atoms with van der Waals surface area (Å²) in [5.41, 5.74) is 0.579. The molecular formula is C19H16F3NO2S. The van der Waals surface area contributed by atoms with Gasteiger partial charge in [0.15, 0.2) is 9.84 Å². The highest BCUT2D eigenvalue weighted by molar-refractivity contribution is 7.90. The summed E-state index contributed by atoms with van der Waals surface area (Å²) in [5, 5.41) is 0. The molecule has 0 spiro atoms. The number of nitrogens with zero attached hydrogens (tertiary/aromatic N) is 1. The number of allylic oxidation sites excluding steroid dienone is 4. The van der Waals surface area contributed by atoms with E-state index in [-0.39, 0.29) is 4.90 Å². The highest BCUT2D eigenvalue weighted by Crippen LogP contribution is 2.44. The average molecular weight is 379 g/mol. The summed E-state index contributed by atoms with van der Waals surface area (Å²) < 4.78 is 63.4. The second kappa shape index (κ2) is 6.72. The number of benzene rings is 1. The Morgan fingerprint density at radius 2 is 1.58 bits per heavy atom. The van der Waals surface area contributed by atoms with E-state index >= 15 is 0 Å². The van der Waals surface area contributed by atoms with Gasteiger partial charge in [-0.2, -0.15) is 0 Å². The summed E-state index contributed by atoms with van der Waals surface area (Å²) in [6.07, 6.45) is 5.06. The van der Waals surface area contributed by atoms with Crippen molar-refractivity contribution in [2.45, 2.75) is 4.90 Å². The van der Waals surface area contributed by atoms with Crippen molar-refractivity contribution >= 4 is 21.0 Å². The fourth-order valence-electron chi connectivity index (χ4n) is 2.83. The molecule has 1 heterocycles. The van der Waals surface area contributed by atoms with Gasteiger partial charge in [-0.25, -0.2) is 21.6 Å². The third-order valence-electron chi connectivity index (χ3n) is 4.25. The Hall–Kier alpha value is -2.41. The fraction of sp³-hybridized carbons (Fsp3) is 0.211. The van der Waals surface area contributed by atoms with E-state index < -0.39 is 34.4 Å². The molecule has 0 bridgehead atoms. The van der Waals surface area contributed by atoms with Crippen LogP contribution in [0, 0.1) is 11.2 Å². The second-order valence-electron chi connectivity index (χ2n) is 6.27. The Morgan fingerprint density at radius 1 is 0.962 bits per heavy atom. The molecule has 0 aliphatic heterocycles. The van der Waals surface area contributed by atoms with Gasteiger partial charge in [0.1, 0.15) is 19.2 Å². The predicted molar refractivity (Wildman–Crippen MR) is 94.1 cm³/mol. The zero-order chi connectivity index (χ0) is 18.9. The van der Waals surface area contributed by atoms with E-state index in [1.165, 1.54) is 36.4 Å². The molecule has 3 rings (SSSR count). The van der Waals surface area contributed by atoms with Crippen LogP contribution in [0.2, 0.25) is 0 Å². The summed E-state index contributed by atoms with van der Waals surface area (Å²) in [5.74, 6) is -0.516. The van der Waals surface area contributed by atoms with Crippen LogP contribution in [0.15, 0.2) is 59.6 Å². The number of rotatable bonds is 5. The van der Waals surface area contributed by atoms with Crippen molar-refractivity contribution in [2.75, 3.05) is 19.6 Å². The molecule has 0 N–H and O–H groups in total. The van der Waals surface area contributed by atoms with Crippen molar-refractivity contribution in [3.05, 3.63) is 71.8 Å². The van der Waals surface area contributed by atoms with Crippen molar-refractivity contribution in [1.82, 2.24) is 4.98 Å². The lowest BCUT2D eigenvalue weighted by molar-refractivity contribution is 0.265. The van der Waals surface area contributed by atoms with Crippen LogP contribution < -0.4 is 0 Å². The van der Waals surface area contributed by atoms with Gasteiger partial charge < -0.3 is 0 Å². The molecule has 1 aromatic heterocycles. The SMILES string of the molecule is CS(=O)(=O)c1ccc(C2=CC(CF)(CF)C=C2c2ccc(F)cn2)cc1. The monoisotopic (exact) mass is 379 g/mol. The molecule has 1 aliphatic carbocycles. The van der Waals surface area contributed by atoms with E-state index in [1.807, 2.05) is 0 Å². The van der Waals surface area contributed by atoms with Crippen LogP contribution >= 0.6 is 0 Å². The highest BCUT2D eigenvalue weighted by Gasteiger charge is 2.34. The Kier molecular flexibility index (Phi) is 4.75. The largest absolute Gasteiger partial charge is 0.253 e. The molecule has 0 atom stereocenters. The van der Waals surface area contributed by atoms with Gasteiger partial charge in [0.2, 0.25) is 0 Å². The van der Waals surface area contributed by atoms with Crippen LogP contribution in [0.1, 0.15) is 11.3 Å². The predicted octanol–water partition coefficient (Wildman–Crippen LogP) is 4.03. The summed E-state index contributed by atoms with van der Waals surface area (Å²) in [4.78, 5) is 4.15. The zero-order valence-electron chi connectivity index (χ0n) is 13.9. The lowest BCUT2D eigenvalue weighted by Crippen LogP contribution is -2.18. The first-order valence-corrected chi connectivity index (χ1v) is 9.67. The van der Waals surface area contributed by atoms with Gasteiger partial charge in [-0.3, -0.25) is 4.98 Å². The lowest BCUT2D eigenvalue weighted by atomic mass is 9.93. The van der Waals surface area contributed by atoms with Gasteiger partial charge >= 0.3 is 0 Å². The summed E-state index contributed by atoms with van der Waals surface area (Å²) in [7, 11) is -3.35. The van der Waals surface area contributed by atoms with Crippen molar-refractivity contribution in [3.8, 4) is 0 Å². The molecule has 1 aromatic carbocycles. The Bertz CT molecular complexity index is 974. The Balaban J connectivity index is 2.10. The lowest BCUT2D eigenvalue weighted by Gasteiger charge is -2.15. The number of alkyl halides is 2. The van der Waals surface area contributed by atoms with Gasteiger partial charge in [0.05, 0.1) is 22.2 Å². The van der Waals surface area contributed by atoms with Crippen LogP contribution in [0.3, 0.4) is 0 Å². The molecule has 2 aromatic rings. The maximum absolute atomic E-state index is 13.5. The van der Waals surface area contributed by atoms with Crippen molar-refractivity contribution < 1.29 is 21.6 Å². The quantitative estimate of drug-likeness (QED) is 0.788. The number of hydrogen-bond acceptors (Lipinski definition) is 3. The maximum Gasteiger partial charge on any atom is 0.175 e. The molecule has 0 fully saturated rings. The molecule has 0 amide bonds. The molecule has 3 nitrogen and oxygen atoms in total. The molecule has 0 saturated carbocycles. The Morgan fingerprint density at radius 3 is 2.08 bits per heavy atom. The first-order chi connectivity index (χ1) is 12.3.